The highest BCUT2D eigenvalue weighted by molar-refractivity contribution is 5.79. The second-order valence-electron chi connectivity index (χ2n) is 3.87. The number of benzene rings is 1. The molecule has 0 aliphatic carbocycles. The first-order valence-corrected chi connectivity index (χ1v) is 4.39. The van der Waals surface area contributed by atoms with Gasteiger partial charge in [0, 0.05) is 0 Å². The van der Waals surface area contributed by atoms with E-state index in [0.29, 0.717) is 0 Å². The first-order chi connectivity index (χ1) is 6.18. The summed E-state index contributed by atoms with van der Waals surface area (Å²) >= 11 is 0. The van der Waals surface area contributed by atoms with E-state index in [1.54, 1.807) is 0 Å². The van der Waals surface area contributed by atoms with Crippen molar-refractivity contribution in [1.82, 2.24) is 0 Å². The summed E-state index contributed by atoms with van der Waals surface area (Å²) in [5, 5.41) is 0. The summed E-state index contributed by atoms with van der Waals surface area (Å²) < 4.78 is 11.2. The van der Waals surface area contributed by atoms with Gasteiger partial charge in [0.1, 0.15) is 5.75 Å². The Morgan fingerprint density at radius 3 is 2.77 bits per heavy atom. The van der Waals surface area contributed by atoms with Crippen molar-refractivity contribution < 1.29 is 9.47 Å². The standard InChI is InChI=1S/C11H10O2/c1-11(2)10-9(12-10)7-5-3-4-6-8(7)13-11/h3-6H,1-2H3. The van der Waals surface area contributed by atoms with Gasteiger partial charge in [-0.2, -0.15) is 0 Å². The van der Waals surface area contributed by atoms with Crippen LogP contribution in [-0.4, -0.2) is 5.60 Å². The van der Waals surface area contributed by atoms with Gasteiger partial charge in [-0.25, -0.2) is 0 Å². The molecule has 1 aromatic carbocycles. The molecule has 0 saturated heterocycles. The highest BCUT2D eigenvalue weighted by Crippen LogP contribution is 2.51. The number of ether oxygens (including phenoxy) is 2. The highest BCUT2D eigenvalue weighted by Gasteiger charge is 2.47. The van der Waals surface area contributed by atoms with Crippen molar-refractivity contribution in [2.24, 2.45) is 0 Å². The molecule has 2 nitrogen and oxygen atoms in total. The summed E-state index contributed by atoms with van der Waals surface area (Å²) in [6.45, 7) is 4.04. The van der Waals surface area contributed by atoms with Crippen LogP contribution >= 0.6 is 0 Å². The van der Waals surface area contributed by atoms with Gasteiger partial charge in [0.2, 0.25) is 0 Å². The average molecular weight is 174 g/mol. The lowest BCUT2D eigenvalue weighted by Crippen LogP contribution is -2.28. The summed E-state index contributed by atoms with van der Waals surface area (Å²) in [6, 6.07) is 7.96. The van der Waals surface area contributed by atoms with Crippen LogP contribution in [0.2, 0.25) is 0 Å². The van der Waals surface area contributed by atoms with E-state index in [1.807, 2.05) is 38.1 Å². The van der Waals surface area contributed by atoms with Gasteiger partial charge in [-0.15, -0.1) is 0 Å². The lowest BCUT2D eigenvalue weighted by atomic mass is 10.0. The van der Waals surface area contributed by atoms with Crippen molar-refractivity contribution in [1.29, 1.82) is 0 Å². The lowest BCUT2D eigenvalue weighted by Gasteiger charge is -2.23. The minimum atomic E-state index is -0.288. The third kappa shape index (κ3) is 0.829. The van der Waals surface area contributed by atoms with Crippen LogP contribution in [0.15, 0.2) is 30.0 Å². The third-order valence-corrected chi connectivity index (χ3v) is 2.41. The van der Waals surface area contributed by atoms with Crippen molar-refractivity contribution in [2.45, 2.75) is 19.4 Å². The van der Waals surface area contributed by atoms with Crippen molar-refractivity contribution >= 4 is 5.76 Å². The van der Waals surface area contributed by atoms with Gasteiger partial charge in [-0.3, -0.25) is 0 Å². The van der Waals surface area contributed by atoms with E-state index in [-0.39, 0.29) is 5.60 Å². The van der Waals surface area contributed by atoms with Gasteiger partial charge in [0.05, 0.1) is 5.56 Å². The van der Waals surface area contributed by atoms with Crippen molar-refractivity contribution in [3.05, 3.63) is 35.6 Å². The Labute approximate surface area is 76.8 Å². The van der Waals surface area contributed by atoms with E-state index in [0.717, 1.165) is 22.8 Å². The molecular formula is C11H10O2. The molecule has 0 radical (unpaired) electrons. The third-order valence-electron chi connectivity index (χ3n) is 2.41. The Hall–Kier alpha value is -1.44. The number of fused-ring (bicyclic) bond motifs is 2. The monoisotopic (exact) mass is 174 g/mol. The van der Waals surface area contributed by atoms with E-state index >= 15 is 0 Å². The zero-order chi connectivity index (χ0) is 9.05. The molecule has 0 unspecified atom stereocenters. The second-order valence-corrected chi connectivity index (χ2v) is 3.87. The average Bonchev–Trinajstić information content (AvgIpc) is 2.83. The summed E-state index contributed by atoms with van der Waals surface area (Å²) in [7, 11) is 0. The van der Waals surface area contributed by atoms with Crippen LogP contribution in [0.1, 0.15) is 19.4 Å². The molecule has 3 rings (SSSR count). The van der Waals surface area contributed by atoms with E-state index in [9.17, 15) is 0 Å². The van der Waals surface area contributed by atoms with Crippen molar-refractivity contribution in [2.75, 3.05) is 0 Å². The normalized spacial score (nSPS) is 21.1. The van der Waals surface area contributed by atoms with Crippen LogP contribution in [-0.2, 0) is 4.74 Å². The fourth-order valence-corrected chi connectivity index (χ4v) is 1.71. The predicted molar refractivity (Wildman–Crippen MR) is 49.2 cm³/mol. The minimum absolute atomic E-state index is 0.288. The van der Waals surface area contributed by atoms with Gasteiger partial charge >= 0.3 is 0 Å². The molecule has 2 aliphatic rings. The molecule has 0 amide bonds. The number of rotatable bonds is 0. The quantitative estimate of drug-likeness (QED) is 0.603. The van der Waals surface area contributed by atoms with Gasteiger partial charge < -0.3 is 9.47 Å². The Morgan fingerprint density at radius 2 is 1.92 bits per heavy atom. The molecule has 66 valence electrons. The van der Waals surface area contributed by atoms with Crippen molar-refractivity contribution in [3.63, 3.8) is 0 Å². The van der Waals surface area contributed by atoms with E-state index in [4.69, 9.17) is 9.47 Å². The van der Waals surface area contributed by atoms with Crippen LogP contribution < -0.4 is 4.74 Å². The molecular weight excluding hydrogens is 164 g/mol. The Balaban J connectivity index is 2.21. The molecule has 0 atom stereocenters. The van der Waals surface area contributed by atoms with Gasteiger partial charge in [-0.05, 0) is 26.0 Å². The first kappa shape index (κ1) is 7.01. The molecule has 1 aromatic rings. The molecule has 0 N–H and O–H groups in total. The fourth-order valence-electron chi connectivity index (χ4n) is 1.71. The van der Waals surface area contributed by atoms with Gasteiger partial charge in [0.15, 0.2) is 17.1 Å². The van der Waals surface area contributed by atoms with Crippen molar-refractivity contribution in [3.8, 4) is 5.75 Å². The van der Waals surface area contributed by atoms with E-state index in [2.05, 4.69) is 0 Å². The summed E-state index contributed by atoms with van der Waals surface area (Å²) in [6.07, 6.45) is 0. The maximum Gasteiger partial charge on any atom is 0.190 e. The van der Waals surface area contributed by atoms with E-state index in [1.165, 1.54) is 0 Å². The van der Waals surface area contributed by atoms with Crippen LogP contribution in [0, 0.1) is 0 Å². The second kappa shape index (κ2) is 1.90. The first-order valence-electron chi connectivity index (χ1n) is 4.39. The molecule has 0 bridgehead atoms. The molecule has 2 heteroatoms. The smallest absolute Gasteiger partial charge is 0.190 e. The Bertz CT molecular complexity index is 416. The van der Waals surface area contributed by atoms with E-state index < -0.39 is 0 Å². The molecule has 13 heavy (non-hydrogen) atoms. The fraction of sp³-hybridized carbons (Fsp3) is 0.273. The zero-order valence-electron chi connectivity index (χ0n) is 7.63. The zero-order valence-corrected chi connectivity index (χ0v) is 7.63. The molecule has 0 aromatic heterocycles. The lowest BCUT2D eigenvalue weighted by molar-refractivity contribution is 0.129. The SMILES string of the molecule is CC1(C)Oc2ccccc2C2=C1O2. The van der Waals surface area contributed by atoms with Crippen LogP contribution in [0.4, 0.5) is 0 Å². The van der Waals surface area contributed by atoms with Crippen LogP contribution in [0.5, 0.6) is 5.75 Å². The minimum Gasteiger partial charge on any atom is -0.479 e. The van der Waals surface area contributed by atoms with Crippen LogP contribution in [0.3, 0.4) is 0 Å². The number of para-hydroxylation sites is 1. The maximum atomic E-state index is 5.79. The molecule has 0 spiro atoms. The molecule has 2 aliphatic heterocycles. The highest BCUT2D eigenvalue weighted by atomic mass is 16.6. The van der Waals surface area contributed by atoms with Gasteiger partial charge in [-0.1, -0.05) is 12.1 Å². The Morgan fingerprint density at radius 1 is 1.15 bits per heavy atom. The summed E-state index contributed by atoms with van der Waals surface area (Å²) in [5.41, 5.74) is 0.792. The summed E-state index contributed by atoms with van der Waals surface area (Å²) in [5.74, 6) is 2.90. The number of hydrogen-bond donors (Lipinski definition) is 0. The maximum absolute atomic E-state index is 5.79. The molecule has 2 heterocycles. The topological polar surface area (TPSA) is 21.8 Å². The molecule has 0 saturated carbocycles. The largest absolute Gasteiger partial charge is 0.479 e. The summed E-state index contributed by atoms with van der Waals surface area (Å²) in [4.78, 5) is 0. The number of hydrogen-bond acceptors (Lipinski definition) is 2. The Kier molecular flexibility index (Phi) is 1.02. The predicted octanol–water partition coefficient (Wildman–Crippen LogP) is 2.56. The van der Waals surface area contributed by atoms with Gasteiger partial charge in [0.25, 0.3) is 0 Å². The van der Waals surface area contributed by atoms with Crippen LogP contribution in [0.25, 0.3) is 5.76 Å². The molecule has 0 fully saturated rings.